The second-order valence-electron chi connectivity index (χ2n) is 3.71. The molecule has 0 atom stereocenters. The topological polar surface area (TPSA) is 91.7 Å². The monoisotopic (exact) mass is 260 g/mol. The summed E-state index contributed by atoms with van der Waals surface area (Å²) in [7, 11) is 1.46. The van der Waals surface area contributed by atoms with E-state index in [1.807, 2.05) is 0 Å². The highest BCUT2D eigenvalue weighted by Gasteiger charge is 2.14. The lowest BCUT2D eigenvalue weighted by molar-refractivity contribution is 0.102. The molecule has 0 aliphatic heterocycles. The minimum absolute atomic E-state index is 0.0303. The van der Waals surface area contributed by atoms with Crippen LogP contribution >= 0.6 is 0 Å². The van der Waals surface area contributed by atoms with Gasteiger partial charge in [0.1, 0.15) is 11.5 Å². The number of phenols is 1. The van der Waals surface area contributed by atoms with Crippen LogP contribution < -0.4 is 10.1 Å². The number of nitrogens with zero attached hydrogens (tertiary/aromatic N) is 1. The van der Waals surface area contributed by atoms with Crippen LogP contribution in [0.2, 0.25) is 0 Å². The summed E-state index contributed by atoms with van der Waals surface area (Å²) < 4.78 is 4.92. The summed E-state index contributed by atoms with van der Waals surface area (Å²) in [4.78, 5) is 15.7. The molecule has 98 valence electrons. The van der Waals surface area contributed by atoms with E-state index in [-0.39, 0.29) is 22.9 Å². The Bertz CT molecular complexity index is 613. The van der Waals surface area contributed by atoms with E-state index < -0.39 is 5.91 Å². The van der Waals surface area contributed by atoms with Crippen LogP contribution in [0.1, 0.15) is 10.4 Å². The molecule has 0 spiro atoms. The Morgan fingerprint density at radius 3 is 2.68 bits per heavy atom. The molecule has 0 bridgehead atoms. The number of methoxy groups -OCH3 is 1. The SMILES string of the molecule is COc1ccc(C(=O)Nc2ncccc2O)c(O)c1. The third-order valence-electron chi connectivity index (χ3n) is 2.47. The largest absolute Gasteiger partial charge is 0.507 e. The highest BCUT2D eigenvalue weighted by molar-refractivity contribution is 6.06. The van der Waals surface area contributed by atoms with Crippen molar-refractivity contribution in [3.05, 3.63) is 42.1 Å². The van der Waals surface area contributed by atoms with Crippen LogP contribution in [0.4, 0.5) is 5.82 Å². The molecule has 3 N–H and O–H groups in total. The third kappa shape index (κ3) is 2.74. The Morgan fingerprint density at radius 2 is 2.05 bits per heavy atom. The highest BCUT2D eigenvalue weighted by Crippen LogP contribution is 2.25. The van der Waals surface area contributed by atoms with Crippen LogP contribution in [-0.2, 0) is 0 Å². The number of carbonyl (C=O) groups is 1. The van der Waals surface area contributed by atoms with Crippen molar-refractivity contribution in [3.63, 3.8) is 0 Å². The van der Waals surface area contributed by atoms with Gasteiger partial charge in [-0.1, -0.05) is 0 Å². The first-order valence-corrected chi connectivity index (χ1v) is 5.44. The number of aromatic hydroxyl groups is 2. The number of anilines is 1. The Morgan fingerprint density at radius 1 is 1.26 bits per heavy atom. The van der Waals surface area contributed by atoms with E-state index in [1.54, 1.807) is 6.07 Å². The zero-order chi connectivity index (χ0) is 13.8. The predicted molar refractivity (Wildman–Crippen MR) is 68.5 cm³/mol. The van der Waals surface area contributed by atoms with Gasteiger partial charge in [0.05, 0.1) is 12.7 Å². The molecule has 2 aromatic rings. The van der Waals surface area contributed by atoms with Crippen molar-refractivity contribution in [3.8, 4) is 17.2 Å². The average molecular weight is 260 g/mol. The van der Waals surface area contributed by atoms with Crippen molar-refractivity contribution in [2.24, 2.45) is 0 Å². The molecule has 0 aliphatic carbocycles. The molecule has 0 saturated heterocycles. The molecule has 1 amide bonds. The van der Waals surface area contributed by atoms with Crippen LogP contribution in [-0.4, -0.2) is 28.2 Å². The first-order chi connectivity index (χ1) is 9.11. The number of aromatic nitrogens is 1. The van der Waals surface area contributed by atoms with Crippen LogP contribution in [0, 0.1) is 0 Å². The zero-order valence-electron chi connectivity index (χ0n) is 10.1. The number of ether oxygens (including phenoxy) is 1. The minimum atomic E-state index is -0.575. The van der Waals surface area contributed by atoms with Crippen molar-refractivity contribution in [1.29, 1.82) is 0 Å². The van der Waals surface area contributed by atoms with E-state index in [0.717, 1.165) is 0 Å². The summed E-state index contributed by atoms with van der Waals surface area (Å²) in [5.41, 5.74) is 0.0610. The standard InChI is InChI=1S/C13H12N2O4/c1-19-8-4-5-9(11(17)7-8)13(18)15-12-10(16)3-2-6-14-12/h2-7,16-17H,1H3,(H,14,15,18). The molecular weight excluding hydrogens is 248 g/mol. The Labute approximate surface area is 109 Å². The second kappa shape index (κ2) is 5.26. The van der Waals surface area contributed by atoms with E-state index in [4.69, 9.17) is 4.74 Å². The molecule has 1 heterocycles. The normalized spacial score (nSPS) is 9.95. The smallest absolute Gasteiger partial charge is 0.260 e. The van der Waals surface area contributed by atoms with Crippen LogP contribution in [0.5, 0.6) is 17.2 Å². The number of pyridine rings is 1. The molecule has 1 aromatic carbocycles. The summed E-state index contributed by atoms with van der Waals surface area (Å²) in [5.74, 6) is -0.470. The lowest BCUT2D eigenvalue weighted by Crippen LogP contribution is -2.13. The Balaban J connectivity index is 2.23. The van der Waals surface area contributed by atoms with Crippen molar-refractivity contribution >= 4 is 11.7 Å². The molecule has 0 radical (unpaired) electrons. The summed E-state index contributed by atoms with van der Waals surface area (Å²) in [6.07, 6.45) is 1.43. The van der Waals surface area contributed by atoms with E-state index in [2.05, 4.69) is 10.3 Å². The number of amides is 1. The maximum Gasteiger partial charge on any atom is 0.260 e. The fraction of sp³-hybridized carbons (Fsp3) is 0.0769. The van der Waals surface area contributed by atoms with Gasteiger partial charge in [-0.3, -0.25) is 4.79 Å². The molecule has 1 aromatic heterocycles. The molecule has 0 aliphatic rings. The first-order valence-electron chi connectivity index (χ1n) is 5.44. The number of hydrogen-bond acceptors (Lipinski definition) is 5. The zero-order valence-corrected chi connectivity index (χ0v) is 10.1. The van der Waals surface area contributed by atoms with Gasteiger partial charge in [0, 0.05) is 12.3 Å². The van der Waals surface area contributed by atoms with Gasteiger partial charge in [-0.2, -0.15) is 0 Å². The van der Waals surface area contributed by atoms with Crippen molar-refractivity contribution in [1.82, 2.24) is 4.98 Å². The minimum Gasteiger partial charge on any atom is -0.507 e. The number of rotatable bonds is 3. The highest BCUT2D eigenvalue weighted by atomic mass is 16.5. The second-order valence-corrected chi connectivity index (χ2v) is 3.71. The van der Waals surface area contributed by atoms with Gasteiger partial charge < -0.3 is 20.3 Å². The van der Waals surface area contributed by atoms with Crippen LogP contribution in [0.25, 0.3) is 0 Å². The molecular formula is C13H12N2O4. The third-order valence-corrected chi connectivity index (χ3v) is 2.47. The number of carbonyl (C=O) groups excluding carboxylic acids is 1. The molecule has 6 nitrogen and oxygen atoms in total. The van der Waals surface area contributed by atoms with E-state index in [0.29, 0.717) is 5.75 Å². The summed E-state index contributed by atoms with van der Waals surface area (Å²) in [6, 6.07) is 7.23. The van der Waals surface area contributed by atoms with Gasteiger partial charge in [0.15, 0.2) is 11.6 Å². The van der Waals surface area contributed by atoms with Gasteiger partial charge in [-0.15, -0.1) is 0 Å². The summed E-state index contributed by atoms with van der Waals surface area (Å²) in [6.45, 7) is 0. The van der Waals surface area contributed by atoms with Crippen LogP contribution in [0.15, 0.2) is 36.5 Å². The lowest BCUT2D eigenvalue weighted by Gasteiger charge is -2.08. The van der Waals surface area contributed by atoms with Gasteiger partial charge >= 0.3 is 0 Å². The molecule has 0 unspecified atom stereocenters. The van der Waals surface area contributed by atoms with E-state index >= 15 is 0 Å². The summed E-state index contributed by atoms with van der Waals surface area (Å²) >= 11 is 0. The maximum atomic E-state index is 11.9. The van der Waals surface area contributed by atoms with Gasteiger partial charge in [0.2, 0.25) is 0 Å². The van der Waals surface area contributed by atoms with Gasteiger partial charge in [-0.05, 0) is 24.3 Å². The fourth-order valence-corrected chi connectivity index (χ4v) is 1.50. The van der Waals surface area contributed by atoms with Crippen LogP contribution in [0.3, 0.4) is 0 Å². The lowest BCUT2D eigenvalue weighted by atomic mass is 10.2. The predicted octanol–water partition coefficient (Wildman–Crippen LogP) is 1.75. The fourth-order valence-electron chi connectivity index (χ4n) is 1.50. The number of benzene rings is 1. The first kappa shape index (κ1) is 12.7. The number of hydrogen-bond donors (Lipinski definition) is 3. The number of phenolic OH excluding ortho intramolecular Hbond substituents is 1. The van der Waals surface area contributed by atoms with Crippen molar-refractivity contribution in [2.75, 3.05) is 12.4 Å². The summed E-state index contributed by atoms with van der Waals surface area (Å²) in [5, 5.41) is 21.6. The van der Waals surface area contributed by atoms with E-state index in [1.165, 1.54) is 37.6 Å². The Hall–Kier alpha value is -2.76. The molecule has 19 heavy (non-hydrogen) atoms. The Kier molecular flexibility index (Phi) is 3.51. The average Bonchev–Trinajstić information content (AvgIpc) is 2.41. The van der Waals surface area contributed by atoms with Gasteiger partial charge in [0.25, 0.3) is 5.91 Å². The maximum absolute atomic E-state index is 11.9. The van der Waals surface area contributed by atoms with E-state index in [9.17, 15) is 15.0 Å². The quantitative estimate of drug-likeness (QED) is 0.782. The molecule has 2 rings (SSSR count). The molecule has 0 saturated carbocycles. The van der Waals surface area contributed by atoms with Crippen molar-refractivity contribution in [2.45, 2.75) is 0 Å². The molecule has 6 heteroatoms. The van der Waals surface area contributed by atoms with Crippen molar-refractivity contribution < 1.29 is 19.7 Å². The number of nitrogens with one attached hydrogen (secondary N) is 1. The molecule has 0 fully saturated rings. The van der Waals surface area contributed by atoms with Gasteiger partial charge in [-0.25, -0.2) is 4.98 Å².